The molecule has 7 heteroatoms. The molecule has 25 heavy (non-hydrogen) atoms. The summed E-state index contributed by atoms with van der Waals surface area (Å²) in [6.07, 6.45) is 0. The van der Waals surface area contributed by atoms with Gasteiger partial charge in [0.2, 0.25) is 12.2 Å². The van der Waals surface area contributed by atoms with Crippen LogP contribution in [0.4, 0.5) is 10.1 Å². The molecule has 1 aliphatic rings. The van der Waals surface area contributed by atoms with E-state index < -0.39 is 29.0 Å². The van der Waals surface area contributed by atoms with Crippen molar-refractivity contribution in [1.82, 2.24) is 0 Å². The number of halogens is 1. The smallest absolute Gasteiger partial charge is 0.268 e. The van der Waals surface area contributed by atoms with Gasteiger partial charge in [0.05, 0.1) is 17.3 Å². The molecule has 0 aromatic heterocycles. The Morgan fingerprint density at radius 1 is 1.16 bits per heavy atom. The van der Waals surface area contributed by atoms with E-state index in [9.17, 15) is 14.9 Å². The van der Waals surface area contributed by atoms with E-state index in [1.165, 1.54) is 6.92 Å². The van der Waals surface area contributed by atoms with Gasteiger partial charge in [0, 0.05) is 4.92 Å². The van der Waals surface area contributed by atoms with E-state index in [1.807, 2.05) is 0 Å². The Hall–Kier alpha value is -3.09. The van der Waals surface area contributed by atoms with Crippen molar-refractivity contribution in [2.24, 2.45) is 5.10 Å². The molecular formula is C18H16FN3O3. The summed E-state index contributed by atoms with van der Waals surface area (Å²) in [5, 5.41) is 16.1. The van der Waals surface area contributed by atoms with Crippen molar-refractivity contribution in [2.75, 3.05) is 11.6 Å². The summed E-state index contributed by atoms with van der Waals surface area (Å²) in [5.74, 6) is -2.17. The minimum Gasteiger partial charge on any atom is -0.268 e. The number of alkyl halides is 1. The molecule has 0 fully saturated rings. The quantitative estimate of drug-likeness (QED) is 0.619. The number of hydrazone groups is 1. The number of carbonyl (C=O) groups excluding carboxylic acids is 1. The van der Waals surface area contributed by atoms with Crippen LogP contribution in [0.1, 0.15) is 18.4 Å². The van der Waals surface area contributed by atoms with Crippen molar-refractivity contribution in [3.63, 3.8) is 0 Å². The number of rotatable bonds is 5. The molecule has 2 aromatic rings. The van der Waals surface area contributed by atoms with Crippen LogP contribution < -0.4 is 5.01 Å². The molecular weight excluding hydrogens is 325 g/mol. The zero-order valence-corrected chi connectivity index (χ0v) is 13.5. The van der Waals surface area contributed by atoms with Gasteiger partial charge in [0.15, 0.2) is 0 Å². The number of carbonyl (C=O) groups is 1. The molecule has 0 unspecified atom stereocenters. The van der Waals surface area contributed by atoms with Crippen molar-refractivity contribution in [3.8, 4) is 0 Å². The molecule has 128 valence electrons. The zero-order valence-electron chi connectivity index (χ0n) is 13.5. The van der Waals surface area contributed by atoms with Crippen molar-refractivity contribution >= 4 is 17.3 Å². The summed E-state index contributed by atoms with van der Waals surface area (Å²) < 4.78 is 15.9. The van der Waals surface area contributed by atoms with Gasteiger partial charge < -0.3 is 0 Å². The summed E-state index contributed by atoms with van der Waals surface area (Å²) in [6.45, 7) is 0.679. The lowest BCUT2D eigenvalue weighted by Gasteiger charge is -2.27. The van der Waals surface area contributed by atoms with Crippen LogP contribution in [-0.2, 0) is 4.79 Å². The fourth-order valence-corrected chi connectivity index (χ4v) is 3.02. The first-order valence-electron chi connectivity index (χ1n) is 7.75. The second-order valence-electron chi connectivity index (χ2n) is 5.83. The number of anilines is 1. The summed E-state index contributed by atoms with van der Waals surface area (Å²) in [4.78, 5) is 23.4. The fraction of sp³-hybridized carbons (Fsp3) is 0.222. The molecule has 1 aliphatic heterocycles. The Morgan fingerprint density at radius 2 is 1.72 bits per heavy atom. The number of hydrogen-bond donors (Lipinski definition) is 0. The van der Waals surface area contributed by atoms with Gasteiger partial charge in [-0.3, -0.25) is 14.9 Å². The standard InChI is InChI=1S/C18H16FN3O3/c1-13-18(19,16(12-21(24)25)14-8-4-2-5-9-14)17(23)22(20-13)15-10-6-3-7-11-15/h2-11,16H,12H2,1H3/t16-,18-/m1/s1. The third-order valence-corrected chi connectivity index (χ3v) is 4.29. The third kappa shape index (κ3) is 2.88. The molecule has 2 atom stereocenters. The van der Waals surface area contributed by atoms with Gasteiger partial charge in [-0.1, -0.05) is 48.5 Å². The van der Waals surface area contributed by atoms with Crippen molar-refractivity contribution < 1.29 is 14.1 Å². The highest BCUT2D eigenvalue weighted by molar-refractivity contribution is 6.22. The van der Waals surface area contributed by atoms with Gasteiger partial charge in [-0.25, -0.2) is 4.39 Å². The largest absolute Gasteiger partial charge is 0.291 e. The molecule has 0 saturated heterocycles. The lowest BCUT2D eigenvalue weighted by molar-refractivity contribution is -0.485. The number of nitrogens with zero attached hydrogens (tertiary/aromatic N) is 3. The first-order valence-corrected chi connectivity index (χ1v) is 7.75. The predicted molar refractivity (Wildman–Crippen MR) is 91.9 cm³/mol. The number of benzene rings is 2. The van der Waals surface area contributed by atoms with Gasteiger partial charge >= 0.3 is 0 Å². The van der Waals surface area contributed by atoms with E-state index in [4.69, 9.17) is 0 Å². The summed E-state index contributed by atoms with van der Waals surface area (Å²) in [7, 11) is 0. The van der Waals surface area contributed by atoms with Crippen LogP contribution in [0.25, 0.3) is 0 Å². The van der Waals surface area contributed by atoms with Gasteiger partial charge in [0.1, 0.15) is 0 Å². The average Bonchev–Trinajstić information content (AvgIpc) is 2.86. The molecule has 1 heterocycles. The molecule has 0 aliphatic carbocycles. The van der Waals surface area contributed by atoms with Crippen LogP contribution >= 0.6 is 0 Å². The number of para-hydroxylation sites is 1. The summed E-state index contributed by atoms with van der Waals surface area (Å²) in [5.41, 5.74) is -1.85. The van der Waals surface area contributed by atoms with Crippen LogP contribution in [0, 0.1) is 10.1 Å². The molecule has 2 aromatic carbocycles. The monoisotopic (exact) mass is 341 g/mol. The number of hydrogen-bond acceptors (Lipinski definition) is 4. The molecule has 6 nitrogen and oxygen atoms in total. The van der Waals surface area contributed by atoms with Crippen LogP contribution in [-0.4, -0.2) is 28.8 Å². The second kappa shape index (κ2) is 6.43. The van der Waals surface area contributed by atoms with Crippen molar-refractivity contribution in [1.29, 1.82) is 0 Å². The molecule has 0 bridgehead atoms. The van der Waals surface area contributed by atoms with Crippen molar-refractivity contribution in [3.05, 3.63) is 76.3 Å². The van der Waals surface area contributed by atoms with Crippen molar-refractivity contribution in [2.45, 2.75) is 18.5 Å². The first kappa shape index (κ1) is 16.8. The topological polar surface area (TPSA) is 75.8 Å². The SMILES string of the molecule is CC1=NN(c2ccccc2)C(=O)[C@]1(F)[C@H](C[N+](=O)[O-])c1ccccc1. The highest BCUT2D eigenvalue weighted by Gasteiger charge is 2.58. The Bertz CT molecular complexity index is 826. The average molecular weight is 341 g/mol. The maximum atomic E-state index is 15.9. The molecule has 0 spiro atoms. The van der Waals surface area contributed by atoms with E-state index in [0.717, 1.165) is 5.01 Å². The fourth-order valence-electron chi connectivity index (χ4n) is 3.02. The molecule has 0 N–H and O–H groups in total. The van der Waals surface area contributed by atoms with Crippen LogP contribution in [0.2, 0.25) is 0 Å². The lowest BCUT2D eigenvalue weighted by atomic mass is 9.80. The molecule has 0 saturated carbocycles. The molecule has 3 rings (SSSR count). The number of nitro groups is 1. The molecule has 1 amide bonds. The Kier molecular flexibility index (Phi) is 4.31. The summed E-state index contributed by atoms with van der Waals surface area (Å²) >= 11 is 0. The maximum Gasteiger partial charge on any atom is 0.291 e. The number of amides is 1. The van der Waals surface area contributed by atoms with Gasteiger partial charge in [-0.05, 0) is 24.6 Å². The highest BCUT2D eigenvalue weighted by atomic mass is 19.1. The Morgan fingerprint density at radius 3 is 2.28 bits per heavy atom. The van der Waals surface area contributed by atoms with E-state index in [2.05, 4.69) is 5.10 Å². The minimum atomic E-state index is -2.57. The lowest BCUT2D eigenvalue weighted by Crippen LogP contribution is -2.49. The Balaban J connectivity index is 2.05. The normalized spacial score (nSPS) is 21.1. The van der Waals surface area contributed by atoms with Gasteiger partial charge in [-0.15, -0.1) is 0 Å². The summed E-state index contributed by atoms with van der Waals surface area (Å²) in [6, 6.07) is 16.7. The van der Waals surface area contributed by atoms with Gasteiger partial charge in [-0.2, -0.15) is 10.1 Å². The van der Waals surface area contributed by atoms with E-state index in [0.29, 0.717) is 11.3 Å². The Labute approximate surface area is 143 Å². The van der Waals surface area contributed by atoms with Crippen LogP contribution in [0.15, 0.2) is 65.8 Å². The second-order valence-corrected chi connectivity index (χ2v) is 5.83. The predicted octanol–water partition coefficient (Wildman–Crippen LogP) is 3.18. The third-order valence-electron chi connectivity index (χ3n) is 4.29. The van der Waals surface area contributed by atoms with E-state index >= 15 is 4.39 Å². The van der Waals surface area contributed by atoms with E-state index in [-0.39, 0.29) is 5.71 Å². The van der Waals surface area contributed by atoms with E-state index in [1.54, 1.807) is 60.7 Å². The minimum absolute atomic E-state index is 0.0861. The zero-order chi connectivity index (χ0) is 18.0. The molecule has 0 radical (unpaired) electrons. The van der Waals surface area contributed by atoms with Gasteiger partial charge in [0.25, 0.3) is 5.91 Å². The highest BCUT2D eigenvalue weighted by Crippen LogP contribution is 2.40. The maximum absolute atomic E-state index is 15.9. The van der Waals surface area contributed by atoms with Crippen LogP contribution in [0.5, 0.6) is 0 Å². The van der Waals surface area contributed by atoms with Crippen LogP contribution in [0.3, 0.4) is 0 Å². The first-order chi connectivity index (χ1) is 11.9.